The number of rotatable bonds is 3. The molecule has 0 aliphatic carbocycles. The third-order valence-electron chi connectivity index (χ3n) is 4.08. The lowest BCUT2D eigenvalue weighted by molar-refractivity contribution is 0.0693. The zero-order chi connectivity index (χ0) is 15.7. The fourth-order valence-electron chi connectivity index (χ4n) is 2.93. The Morgan fingerprint density at radius 1 is 1.32 bits per heavy atom. The zero-order valence-electron chi connectivity index (χ0n) is 13.1. The van der Waals surface area contributed by atoms with Gasteiger partial charge >= 0.3 is 0 Å². The van der Waals surface area contributed by atoms with Crippen molar-refractivity contribution in [1.82, 2.24) is 20.2 Å². The predicted octanol–water partition coefficient (Wildman–Crippen LogP) is 2.26. The molecule has 1 atom stereocenters. The second kappa shape index (κ2) is 5.90. The lowest BCUT2D eigenvalue weighted by Gasteiger charge is -2.31. The first-order chi connectivity index (χ1) is 10.6. The highest BCUT2D eigenvalue weighted by Crippen LogP contribution is 2.27. The van der Waals surface area contributed by atoms with Crippen LogP contribution < -0.4 is 0 Å². The highest BCUT2D eigenvalue weighted by Gasteiger charge is 2.31. The molecule has 2 aromatic heterocycles. The molecule has 1 amide bonds. The van der Waals surface area contributed by atoms with Gasteiger partial charge < -0.3 is 13.9 Å². The van der Waals surface area contributed by atoms with E-state index in [4.69, 9.17) is 9.05 Å². The van der Waals surface area contributed by atoms with Crippen LogP contribution in [0.3, 0.4) is 0 Å². The van der Waals surface area contributed by atoms with E-state index in [0.29, 0.717) is 36.0 Å². The molecule has 2 aromatic rings. The van der Waals surface area contributed by atoms with Gasteiger partial charge in [-0.2, -0.15) is 4.98 Å². The SMILES string of the molecule is CCc1noc(C)c1C(=O)N1CCC[C@H](c2nc(C)no2)C1. The Bertz CT molecular complexity index is 676. The van der Waals surface area contributed by atoms with Crippen LogP contribution in [0.2, 0.25) is 0 Å². The smallest absolute Gasteiger partial charge is 0.259 e. The van der Waals surface area contributed by atoms with E-state index in [9.17, 15) is 4.79 Å². The molecule has 22 heavy (non-hydrogen) atoms. The van der Waals surface area contributed by atoms with Crippen molar-refractivity contribution in [3.8, 4) is 0 Å². The van der Waals surface area contributed by atoms with Crippen molar-refractivity contribution in [2.45, 2.75) is 46.0 Å². The molecule has 3 heterocycles. The third-order valence-corrected chi connectivity index (χ3v) is 4.08. The minimum absolute atomic E-state index is 0.0171. The van der Waals surface area contributed by atoms with E-state index in [2.05, 4.69) is 15.3 Å². The number of aryl methyl sites for hydroxylation is 3. The summed E-state index contributed by atoms with van der Waals surface area (Å²) in [7, 11) is 0. The van der Waals surface area contributed by atoms with Gasteiger partial charge in [-0.3, -0.25) is 4.79 Å². The van der Waals surface area contributed by atoms with Crippen LogP contribution >= 0.6 is 0 Å². The summed E-state index contributed by atoms with van der Waals surface area (Å²) in [6.45, 7) is 6.87. The number of carbonyl (C=O) groups excluding carboxylic acids is 1. The number of likely N-dealkylation sites (tertiary alicyclic amines) is 1. The molecular weight excluding hydrogens is 284 g/mol. The average Bonchev–Trinajstić information content (AvgIpc) is 3.12. The van der Waals surface area contributed by atoms with Crippen LogP contribution in [0.4, 0.5) is 0 Å². The normalized spacial score (nSPS) is 18.7. The van der Waals surface area contributed by atoms with Gasteiger partial charge in [-0.25, -0.2) is 0 Å². The van der Waals surface area contributed by atoms with Crippen molar-refractivity contribution in [3.05, 3.63) is 28.7 Å². The number of piperidine rings is 1. The second-order valence-electron chi connectivity index (χ2n) is 5.68. The Hall–Kier alpha value is -2.18. The predicted molar refractivity (Wildman–Crippen MR) is 77.5 cm³/mol. The van der Waals surface area contributed by atoms with E-state index in [1.54, 1.807) is 13.8 Å². The number of amides is 1. The quantitative estimate of drug-likeness (QED) is 0.864. The molecule has 0 bridgehead atoms. The van der Waals surface area contributed by atoms with Gasteiger partial charge in [0.05, 0.1) is 11.6 Å². The van der Waals surface area contributed by atoms with Crippen molar-refractivity contribution in [1.29, 1.82) is 0 Å². The highest BCUT2D eigenvalue weighted by atomic mass is 16.5. The monoisotopic (exact) mass is 304 g/mol. The fourth-order valence-corrected chi connectivity index (χ4v) is 2.93. The average molecular weight is 304 g/mol. The van der Waals surface area contributed by atoms with E-state index in [1.807, 2.05) is 11.8 Å². The molecule has 0 unspecified atom stereocenters. The van der Waals surface area contributed by atoms with Crippen LogP contribution in [-0.2, 0) is 6.42 Å². The molecule has 1 aliphatic heterocycles. The number of carbonyl (C=O) groups is 1. The summed E-state index contributed by atoms with van der Waals surface area (Å²) >= 11 is 0. The van der Waals surface area contributed by atoms with E-state index >= 15 is 0 Å². The van der Waals surface area contributed by atoms with Crippen LogP contribution in [0.5, 0.6) is 0 Å². The van der Waals surface area contributed by atoms with Gasteiger partial charge in [0.2, 0.25) is 5.89 Å². The summed E-state index contributed by atoms with van der Waals surface area (Å²) in [6.07, 6.45) is 2.55. The van der Waals surface area contributed by atoms with Gasteiger partial charge in [0.15, 0.2) is 5.82 Å². The molecule has 0 spiro atoms. The Kier molecular flexibility index (Phi) is 3.96. The van der Waals surface area contributed by atoms with Crippen molar-refractivity contribution < 1.29 is 13.8 Å². The van der Waals surface area contributed by atoms with Crippen molar-refractivity contribution in [3.63, 3.8) is 0 Å². The Balaban J connectivity index is 1.79. The summed E-state index contributed by atoms with van der Waals surface area (Å²) in [5, 5.41) is 7.81. The standard InChI is InChI=1S/C15H20N4O3/c1-4-12-13(9(2)21-18-12)15(20)19-7-5-6-11(8-19)14-16-10(3)17-22-14/h11H,4-8H2,1-3H3/t11-/m0/s1. The maximum Gasteiger partial charge on any atom is 0.259 e. The highest BCUT2D eigenvalue weighted by molar-refractivity contribution is 5.96. The minimum Gasteiger partial charge on any atom is -0.361 e. The zero-order valence-corrected chi connectivity index (χ0v) is 13.1. The van der Waals surface area contributed by atoms with Gasteiger partial charge in [0.25, 0.3) is 5.91 Å². The van der Waals surface area contributed by atoms with Gasteiger partial charge in [-0.15, -0.1) is 0 Å². The molecular formula is C15H20N4O3. The maximum absolute atomic E-state index is 12.8. The topological polar surface area (TPSA) is 85.3 Å². The van der Waals surface area contributed by atoms with Gasteiger partial charge in [-0.05, 0) is 33.1 Å². The van der Waals surface area contributed by atoms with Crippen LogP contribution in [0.1, 0.15) is 59.2 Å². The molecule has 1 aliphatic rings. The first-order valence-electron chi connectivity index (χ1n) is 7.64. The molecule has 1 saturated heterocycles. The molecule has 1 fully saturated rings. The van der Waals surface area contributed by atoms with Crippen LogP contribution in [0.25, 0.3) is 0 Å². The Morgan fingerprint density at radius 2 is 2.14 bits per heavy atom. The van der Waals surface area contributed by atoms with Crippen molar-refractivity contribution >= 4 is 5.91 Å². The lowest BCUT2D eigenvalue weighted by atomic mass is 9.97. The summed E-state index contributed by atoms with van der Waals surface area (Å²) in [4.78, 5) is 18.9. The third kappa shape index (κ3) is 2.63. The molecule has 0 N–H and O–H groups in total. The summed E-state index contributed by atoms with van der Waals surface area (Å²) in [5.74, 6) is 1.91. The van der Waals surface area contributed by atoms with E-state index in [0.717, 1.165) is 25.1 Å². The molecule has 0 aromatic carbocycles. The molecule has 0 radical (unpaired) electrons. The maximum atomic E-state index is 12.8. The fraction of sp³-hybridized carbons (Fsp3) is 0.600. The Labute approximate surface area is 128 Å². The first kappa shape index (κ1) is 14.7. The van der Waals surface area contributed by atoms with E-state index < -0.39 is 0 Å². The van der Waals surface area contributed by atoms with Gasteiger partial charge in [-0.1, -0.05) is 17.2 Å². The van der Waals surface area contributed by atoms with Crippen molar-refractivity contribution in [2.24, 2.45) is 0 Å². The molecule has 7 heteroatoms. The van der Waals surface area contributed by atoms with Gasteiger partial charge in [0.1, 0.15) is 11.3 Å². The molecule has 118 valence electrons. The molecule has 7 nitrogen and oxygen atoms in total. The van der Waals surface area contributed by atoms with Crippen LogP contribution in [0, 0.1) is 13.8 Å². The largest absolute Gasteiger partial charge is 0.361 e. The molecule has 3 rings (SSSR count). The van der Waals surface area contributed by atoms with Crippen molar-refractivity contribution in [2.75, 3.05) is 13.1 Å². The van der Waals surface area contributed by atoms with E-state index in [-0.39, 0.29) is 11.8 Å². The van der Waals surface area contributed by atoms with Gasteiger partial charge in [0, 0.05) is 13.1 Å². The van der Waals surface area contributed by atoms with E-state index in [1.165, 1.54) is 0 Å². The number of aromatic nitrogens is 3. The number of nitrogens with zero attached hydrogens (tertiary/aromatic N) is 4. The summed E-state index contributed by atoms with van der Waals surface area (Å²) < 4.78 is 10.4. The van der Waals surface area contributed by atoms with Crippen LogP contribution in [0.15, 0.2) is 9.05 Å². The Morgan fingerprint density at radius 3 is 2.82 bits per heavy atom. The number of hydrogen-bond donors (Lipinski definition) is 0. The minimum atomic E-state index is -0.0171. The van der Waals surface area contributed by atoms with Crippen LogP contribution in [-0.4, -0.2) is 39.2 Å². The first-order valence-corrected chi connectivity index (χ1v) is 7.64. The second-order valence-corrected chi connectivity index (χ2v) is 5.68. The molecule has 0 saturated carbocycles. The lowest BCUT2D eigenvalue weighted by Crippen LogP contribution is -2.39. The summed E-state index contributed by atoms with van der Waals surface area (Å²) in [6, 6.07) is 0. The number of hydrogen-bond acceptors (Lipinski definition) is 6. The summed E-state index contributed by atoms with van der Waals surface area (Å²) in [5.41, 5.74) is 1.32.